The molecule has 1 heterocycles. The summed E-state index contributed by atoms with van der Waals surface area (Å²) in [5, 5.41) is 20.5. The predicted octanol–water partition coefficient (Wildman–Crippen LogP) is 6.30. The van der Waals surface area contributed by atoms with E-state index in [4.69, 9.17) is 36.0 Å². The van der Waals surface area contributed by atoms with E-state index in [1.165, 1.54) is 0 Å². The van der Waals surface area contributed by atoms with Gasteiger partial charge in [-0.15, -0.1) is 6.58 Å². The number of fused-ring (bicyclic) bond motifs is 1. The number of halogens is 1. The summed E-state index contributed by atoms with van der Waals surface area (Å²) in [6, 6.07) is 25.1. The summed E-state index contributed by atoms with van der Waals surface area (Å²) in [7, 11) is 0. The van der Waals surface area contributed by atoms with Gasteiger partial charge in [0, 0.05) is 18.0 Å². The normalized spacial score (nSPS) is 11.5. The van der Waals surface area contributed by atoms with Gasteiger partial charge in [-0.05, 0) is 49.2 Å². The maximum absolute atomic E-state index is 11.8. The van der Waals surface area contributed by atoms with Crippen molar-refractivity contribution in [3.05, 3.63) is 120 Å². The molecule has 4 aromatic rings. The molecule has 0 radical (unpaired) electrons. The Hall–Kier alpha value is -4.57. The molecular formula is C35H37ClN2O7. The molecule has 0 aliphatic rings. The van der Waals surface area contributed by atoms with Gasteiger partial charge in [-0.25, -0.2) is 9.59 Å². The lowest BCUT2D eigenvalue weighted by atomic mass is 9.82. The first kappa shape index (κ1) is 34.9. The van der Waals surface area contributed by atoms with E-state index < -0.39 is 17.5 Å². The fourth-order valence-electron chi connectivity index (χ4n) is 4.32. The van der Waals surface area contributed by atoms with Crippen molar-refractivity contribution >= 4 is 40.2 Å². The largest absolute Gasteiger partial charge is 0.480 e. The highest BCUT2D eigenvalue weighted by Crippen LogP contribution is 2.33. The molecule has 236 valence electrons. The highest BCUT2D eigenvalue weighted by Gasteiger charge is 2.34. The van der Waals surface area contributed by atoms with Crippen LogP contribution in [0.25, 0.3) is 10.9 Å². The SMILES string of the molecule is C=CCOCC(C)OC(=O)COc1ccc(Cl)c2cccnc12.CCOC(=O)C(=N)CC(O)(c1ccccc1)c1ccccc1. The molecule has 0 aliphatic carbocycles. The molecule has 4 rings (SSSR count). The number of ether oxygens (including phenoxy) is 4. The Morgan fingerprint density at radius 1 is 1.02 bits per heavy atom. The quantitative estimate of drug-likeness (QED) is 0.0718. The van der Waals surface area contributed by atoms with E-state index in [2.05, 4.69) is 11.6 Å². The average molecular weight is 633 g/mol. The minimum absolute atomic E-state index is 0.139. The van der Waals surface area contributed by atoms with Crippen LogP contribution in [0.3, 0.4) is 0 Å². The van der Waals surface area contributed by atoms with Crippen LogP contribution in [0, 0.1) is 5.41 Å². The monoisotopic (exact) mass is 632 g/mol. The van der Waals surface area contributed by atoms with Crippen LogP contribution in [0.2, 0.25) is 5.02 Å². The molecule has 0 bridgehead atoms. The zero-order valence-electron chi connectivity index (χ0n) is 25.3. The fourth-order valence-corrected chi connectivity index (χ4v) is 4.54. The molecule has 0 spiro atoms. The third kappa shape index (κ3) is 10.2. The maximum Gasteiger partial charge on any atom is 0.352 e. The van der Waals surface area contributed by atoms with E-state index in [9.17, 15) is 14.7 Å². The Bertz CT molecular complexity index is 1530. The molecule has 0 amide bonds. The van der Waals surface area contributed by atoms with E-state index >= 15 is 0 Å². The van der Waals surface area contributed by atoms with Crippen LogP contribution in [-0.4, -0.2) is 60.3 Å². The summed E-state index contributed by atoms with van der Waals surface area (Å²) in [6.07, 6.45) is 2.78. The summed E-state index contributed by atoms with van der Waals surface area (Å²) in [5.74, 6) is -0.691. The van der Waals surface area contributed by atoms with E-state index in [0.29, 0.717) is 40.6 Å². The standard InChI is InChI=1S/C18H19NO3.C17H18ClNO4/c1-2-22-17(20)16(19)13-18(21,14-9-5-3-6-10-14)15-11-7-4-8-12-15;1-3-9-21-10-12(2)23-16(20)11-22-15-7-6-14(18)13-5-4-8-19-17(13)15/h3-12,19,21H,2,13H2,1H3;3-8,12H,1,9-11H2,2H3. The average Bonchev–Trinajstić information content (AvgIpc) is 3.06. The number of nitrogens with one attached hydrogen (secondary N) is 1. The van der Waals surface area contributed by atoms with Crippen LogP contribution in [0.4, 0.5) is 0 Å². The Labute approximate surface area is 267 Å². The molecule has 0 saturated heterocycles. The molecule has 0 fully saturated rings. The number of benzene rings is 3. The van der Waals surface area contributed by atoms with Crippen molar-refractivity contribution < 1.29 is 33.6 Å². The smallest absolute Gasteiger partial charge is 0.352 e. The third-order valence-corrected chi connectivity index (χ3v) is 6.73. The number of nitrogens with zero attached hydrogens (tertiary/aromatic N) is 1. The molecule has 1 unspecified atom stereocenters. The number of pyridine rings is 1. The molecule has 1 aromatic heterocycles. The Morgan fingerprint density at radius 3 is 2.27 bits per heavy atom. The molecule has 2 N–H and O–H groups in total. The molecule has 1 atom stereocenters. The van der Waals surface area contributed by atoms with Crippen LogP contribution < -0.4 is 4.74 Å². The van der Waals surface area contributed by atoms with Gasteiger partial charge in [0.2, 0.25) is 0 Å². The first-order chi connectivity index (χ1) is 21.7. The molecule has 3 aromatic carbocycles. The highest BCUT2D eigenvalue weighted by molar-refractivity contribution is 6.35. The first-order valence-electron chi connectivity index (χ1n) is 14.3. The van der Waals surface area contributed by atoms with E-state index in [1.807, 2.05) is 42.5 Å². The van der Waals surface area contributed by atoms with Crippen molar-refractivity contribution in [3.63, 3.8) is 0 Å². The molecule has 0 aliphatic heterocycles. The lowest BCUT2D eigenvalue weighted by Gasteiger charge is -2.29. The van der Waals surface area contributed by atoms with Gasteiger partial charge < -0.3 is 24.1 Å². The predicted molar refractivity (Wildman–Crippen MR) is 174 cm³/mol. The van der Waals surface area contributed by atoms with Crippen molar-refractivity contribution in [2.75, 3.05) is 26.4 Å². The Morgan fingerprint density at radius 2 is 1.67 bits per heavy atom. The molecule has 9 nitrogen and oxygen atoms in total. The van der Waals surface area contributed by atoms with Gasteiger partial charge in [0.15, 0.2) is 6.61 Å². The van der Waals surface area contributed by atoms with E-state index in [-0.39, 0.29) is 31.5 Å². The van der Waals surface area contributed by atoms with Crippen molar-refractivity contribution in [2.45, 2.75) is 32.0 Å². The number of esters is 2. The summed E-state index contributed by atoms with van der Waals surface area (Å²) in [5.41, 5.74) is 0.185. The van der Waals surface area contributed by atoms with Gasteiger partial charge in [0.25, 0.3) is 0 Å². The van der Waals surface area contributed by atoms with Gasteiger partial charge in [0.05, 0.1) is 24.8 Å². The van der Waals surface area contributed by atoms with Gasteiger partial charge in [-0.2, -0.15) is 0 Å². The number of hydrogen-bond acceptors (Lipinski definition) is 9. The highest BCUT2D eigenvalue weighted by atomic mass is 35.5. The van der Waals surface area contributed by atoms with Crippen LogP contribution in [0.5, 0.6) is 5.75 Å². The maximum atomic E-state index is 11.8. The van der Waals surface area contributed by atoms with Crippen molar-refractivity contribution in [1.82, 2.24) is 4.98 Å². The summed E-state index contributed by atoms with van der Waals surface area (Å²) < 4.78 is 20.8. The third-order valence-electron chi connectivity index (χ3n) is 6.40. The number of carbonyl (C=O) groups excluding carboxylic acids is 2. The fraction of sp³-hybridized carbons (Fsp3) is 0.257. The van der Waals surface area contributed by atoms with Gasteiger partial charge in [-0.1, -0.05) is 78.3 Å². The van der Waals surface area contributed by atoms with Crippen molar-refractivity contribution in [2.24, 2.45) is 0 Å². The number of rotatable bonds is 14. The zero-order valence-corrected chi connectivity index (χ0v) is 26.0. The second-order valence-electron chi connectivity index (χ2n) is 9.83. The lowest BCUT2D eigenvalue weighted by molar-refractivity contribution is -0.153. The van der Waals surface area contributed by atoms with Crippen LogP contribution in [-0.2, 0) is 29.4 Å². The van der Waals surface area contributed by atoms with Gasteiger partial charge in [0.1, 0.15) is 28.7 Å². The summed E-state index contributed by atoms with van der Waals surface area (Å²) in [6.45, 7) is 7.70. The Balaban J connectivity index is 0.000000246. The van der Waals surface area contributed by atoms with E-state index in [1.54, 1.807) is 68.6 Å². The van der Waals surface area contributed by atoms with Gasteiger partial charge >= 0.3 is 11.9 Å². The number of aliphatic hydroxyl groups is 1. The summed E-state index contributed by atoms with van der Waals surface area (Å²) >= 11 is 6.11. The second-order valence-corrected chi connectivity index (χ2v) is 10.2. The number of carbonyl (C=O) groups is 2. The van der Waals surface area contributed by atoms with Crippen LogP contribution >= 0.6 is 11.6 Å². The van der Waals surface area contributed by atoms with E-state index in [0.717, 1.165) is 5.39 Å². The number of aromatic nitrogens is 1. The van der Waals surface area contributed by atoms with Crippen LogP contribution in [0.15, 0.2) is 104 Å². The first-order valence-corrected chi connectivity index (χ1v) is 14.7. The lowest BCUT2D eigenvalue weighted by Crippen LogP contribution is -2.33. The second kappa shape index (κ2) is 17.7. The minimum atomic E-state index is -1.44. The molecule has 45 heavy (non-hydrogen) atoms. The molecule has 10 heteroatoms. The molecular weight excluding hydrogens is 596 g/mol. The van der Waals surface area contributed by atoms with Crippen molar-refractivity contribution in [1.29, 1.82) is 5.41 Å². The minimum Gasteiger partial charge on any atom is -0.480 e. The van der Waals surface area contributed by atoms with Crippen molar-refractivity contribution in [3.8, 4) is 5.75 Å². The topological polar surface area (TPSA) is 128 Å². The number of hydrogen-bond donors (Lipinski definition) is 2. The molecule has 0 saturated carbocycles. The van der Waals surface area contributed by atoms with Gasteiger partial charge in [-0.3, -0.25) is 10.4 Å². The Kier molecular flexibility index (Phi) is 13.7. The van der Waals surface area contributed by atoms with Crippen LogP contribution in [0.1, 0.15) is 31.4 Å². The summed E-state index contributed by atoms with van der Waals surface area (Å²) in [4.78, 5) is 27.8. The zero-order chi connectivity index (χ0) is 32.7.